The Hall–Kier alpha value is -2.25. The molecule has 2 fully saturated rings. The lowest BCUT2D eigenvalue weighted by Gasteiger charge is -2.40. The molecule has 4 heterocycles. The van der Waals surface area contributed by atoms with Gasteiger partial charge in [-0.05, 0) is 36.4 Å². The molecule has 1 N–H and O–H groups in total. The van der Waals surface area contributed by atoms with Crippen molar-refractivity contribution in [2.75, 3.05) is 18.5 Å². The van der Waals surface area contributed by atoms with Crippen LogP contribution in [0.15, 0.2) is 42.0 Å². The third-order valence-corrected chi connectivity index (χ3v) is 5.66. The summed E-state index contributed by atoms with van der Waals surface area (Å²) in [6, 6.07) is 7.35. The second kappa shape index (κ2) is 6.93. The molecule has 2 saturated heterocycles. The molecule has 7 heteroatoms. The van der Waals surface area contributed by atoms with Crippen LogP contribution in [0.5, 0.6) is 0 Å². The number of fused-ring (bicyclic) bond motifs is 1. The van der Waals surface area contributed by atoms with Crippen molar-refractivity contribution in [2.45, 2.75) is 25.0 Å². The molecule has 0 bridgehead atoms. The van der Waals surface area contributed by atoms with Crippen molar-refractivity contribution in [1.29, 1.82) is 0 Å². The number of pyridine rings is 1. The van der Waals surface area contributed by atoms with E-state index in [-0.39, 0.29) is 29.9 Å². The van der Waals surface area contributed by atoms with Crippen molar-refractivity contribution in [3.63, 3.8) is 0 Å². The maximum Gasteiger partial charge on any atom is 0.264 e. The SMILES string of the molecule is O=C(Nc1cccnc1)[C@@H]1C[C@@H]2OCC[C@@H]2N(C(=O)c2cccs2)C1. The van der Waals surface area contributed by atoms with E-state index in [2.05, 4.69) is 10.3 Å². The number of anilines is 1. The molecule has 0 unspecified atom stereocenters. The normalized spacial score (nSPS) is 25.4. The first-order chi connectivity index (χ1) is 12.2. The molecule has 0 saturated carbocycles. The fraction of sp³-hybridized carbons (Fsp3) is 0.389. The molecule has 2 amide bonds. The van der Waals surface area contributed by atoms with Crippen LogP contribution in [-0.2, 0) is 9.53 Å². The second-order valence-electron chi connectivity index (χ2n) is 6.36. The molecule has 25 heavy (non-hydrogen) atoms. The molecule has 0 aromatic carbocycles. The standard InChI is InChI=1S/C18H19N3O3S/c22-17(20-13-3-1-6-19-10-13)12-9-15-14(5-7-24-15)21(11-12)18(23)16-4-2-8-25-16/h1-4,6,8,10,12,14-15H,5,7,9,11H2,(H,20,22)/t12-,14+,15+/m1/s1. The molecule has 2 aromatic rings. The van der Waals surface area contributed by atoms with Gasteiger partial charge >= 0.3 is 0 Å². The number of thiophene rings is 1. The van der Waals surface area contributed by atoms with E-state index in [9.17, 15) is 9.59 Å². The predicted molar refractivity (Wildman–Crippen MR) is 94.5 cm³/mol. The third kappa shape index (κ3) is 3.29. The summed E-state index contributed by atoms with van der Waals surface area (Å²) >= 11 is 1.43. The van der Waals surface area contributed by atoms with Crippen LogP contribution >= 0.6 is 11.3 Å². The molecule has 130 valence electrons. The summed E-state index contributed by atoms with van der Waals surface area (Å²) in [5, 5.41) is 4.79. The minimum absolute atomic E-state index is 0.00521. The monoisotopic (exact) mass is 357 g/mol. The number of amides is 2. The average Bonchev–Trinajstić information content (AvgIpc) is 3.32. The molecule has 2 aromatic heterocycles. The first kappa shape index (κ1) is 16.2. The Morgan fingerprint density at radius 2 is 2.24 bits per heavy atom. The van der Waals surface area contributed by atoms with Crippen molar-refractivity contribution < 1.29 is 14.3 Å². The van der Waals surface area contributed by atoms with Crippen LogP contribution in [0, 0.1) is 5.92 Å². The topological polar surface area (TPSA) is 71.5 Å². The highest BCUT2D eigenvalue weighted by molar-refractivity contribution is 7.12. The summed E-state index contributed by atoms with van der Waals surface area (Å²) in [6.45, 7) is 1.06. The van der Waals surface area contributed by atoms with E-state index in [1.54, 1.807) is 24.5 Å². The van der Waals surface area contributed by atoms with E-state index in [0.717, 1.165) is 6.42 Å². The number of rotatable bonds is 3. The Morgan fingerprint density at radius 3 is 3.00 bits per heavy atom. The van der Waals surface area contributed by atoms with Gasteiger partial charge in [0.05, 0.1) is 34.8 Å². The minimum atomic E-state index is -0.288. The lowest BCUT2D eigenvalue weighted by atomic mass is 9.89. The number of likely N-dealkylation sites (tertiary alicyclic amines) is 1. The average molecular weight is 357 g/mol. The van der Waals surface area contributed by atoms with Crippen LogP contribution in [0.2, 0.25) is 0 Å². The van der Waals surface area contributed by atoms with E-state index >= 15 is 0 Å². The fourth-order valence-corrected chi connectivity index (χ4v) is 4.27. The van der Waals surface area contributed by atoms with Crippen molar-refractivity contribution in [1.82, 2.24) is 9.88 Å². The van der Waals surface area contributed by atoms with Gasteiger partial charge in [0.1, 0.15) is 0 Å². The van der Waals surface area contributed by atoms with Crippen LogP contribution in [-0.4, -0.2) is 47.0 Å². The Labute approximate surface area is 149 Å². The number of hydrogen-bond donors (Lipinski definition) is 1. The van der Waals surface area contributed by atoms with Gasteiger partial charge in [0, 0.05) is 19.3 Å². The number of nitrogens with one attached hydrogen (secondary N) is 1. The summed E-state index contributed by atoms with van der Waals surface area (Å²) < 4.78 is 5.80. The van der Waals surface area contributed by atoms with Gasteiger partial charge in [-0.1, -0.05) is 6.07 Å². The highest BCUT2D eigenvalue weighted by Gasteiger charge is 2.44. The number of nitrogens with zero attached hydrogens (tertiary/aromatic N) is 2. The summed E-state index contributed by atoms with van der Waals surface area (Å²) in [5.74, 6) is -0.385. The molecule has 2 aliphatic heterocycles. The van der Waals surface area contributed by atoms with Gasteiger partial charge < -0.3 is 15.0 Å². The number of piperidine rings is 1. The van der Waals surface area contributed by atoms with Gasteiger partial charge in [-0.2, -0.15) is 0 Å². The number of ether oxygens (including phenoxy) is 1. The second-order valence-corrected chi connectivity index (χ2v) is 7.31. The Balaban J connectivity index is 1.52. The molecule has 3 atom stereocenters. The molecule has 2 aliphatic rings. The van der Waals surface area contributed by atoms with Gasteiger partial charge in [-0.3, -0.25) is 14.6 Å². The first-order valence-electron chi connectivity index (χ1n) is 8.39. The van der Waals surface area contributed by atoms with Crippen molar-refractivity contribution in [3.8, 4) is 0 Å². The minimum Gasteiger partial charge on any atom is -0.376 e. The number of carbonyl (C=O) groups excluding carboxylic acids is 2. The molecule has 4 rings (SSSR count). The van der Waals surface area contributed by atoms with E-state index < -0.39 is 0 Å². The zero-order valence-electron chi connectivity index (χ0n) is 13.6. The van der Waals surface area contributed by atoms with Crippen molar-refractivity contribution in [3.05, 3.63) is 46.9 Å². The zero-order valence-corrected chi connectivity index (χ0v) is 14.4. The van der Waals surface area contributed by atoms with Crippen molar-refractivity contribution in [2.24, 2.45) is 5.92 Å². The Bertz CT molecular complexity index is 750. The van der Waals surface area contributed by atoms with E-state index in [4.69, 9.17) is 4.74 Å². The molecule has 0 spiro atoms. The summed E-state index contributed by atoms with van der Waals surface area (Å²) in [4.78, 5) is 32.1. The van der Waals surface area contributed by atoms with Crippen LogP contribution in [0.1, 0.15) is 22.5 Å². The Morgan fingerprint density at radius 1 is 1.32 bits per heavy atom. The van der Waals surface area contributed by atoms with Crippen LogP contribution in [0.3, 0.4) is 0 Å². The van der Waals surface area contributed by atoms with E-state index in [0.29, 0.717) is 30.1 Å². The molecule has 0 aliphatic carbocycles. The molecular formula is C18H19N3O3S. The summed E-state index contributed by atoms with van der Waals surface area (Å²) in [6.07, 6.45) is 4.69. The maximum atomic E-state index is 12.9. The lowest BCUT2D eigenvalue weighted by Crippen LogP contribution is -2.54. The van der Waals surface area contributed by atoms with Gasteiger partial charge in [0.2, 0.25) is 5.91 Å². The van der Waals surface area contributed by atoms with E-state index in [1.165, 1.54) is 11.3 Å². The van der Waals surface area contributed by atoms with Gasteiger partial charge in [0.15, 0.2) is 0 Å². The lowest BCUT2D eigenvalue weighted by molar-refractivity contribution is -0.123. The largest absolute Gasteiger partial charge is 0.376 e. The highest BCUT2D eigenvalue weighted by atomic mass is 32.1. The molecular weight excluding hydrogens is 338 g/mol. The van der Waals surface area contributed by atoms with Gasteiger partial charge in [-0.15, -0.1) is 11.3 Å². The first-order valence-corrected chi connectivity index (χ1v) is 9.27. The van der Waals surface area contributed by atoms with E-state index in [1.807, 2.05) is 22.4 Å². The number of aromatic nitrogens is 1. The highest BCUT2D eigenvalue weighted by Crippen LogP contribution is 2.33. The molecule has 0 radical (unpaired) electrons. The Kier molecular flexibility index (Phi) is 4.50. The summed E-state index contributed by atoms with van der Waals surface area (Å²) in [5.41, 5.74) is 0.665. The maximum absolute atomic E-state index is 12.9. The van der Waals surface area contributed by atoms with Crippen LogP contribution < -0.4 is 5.32 Å². The summed E-state index contributed by atoms with van der Waals surface area (Å²) in [7, 11) is 0. The number of carbonyl (C=O) groups is 2. The predicted octanol–water partition coefficient (Wildman–Crippen LogP) is 2.40. The quantitative estimate of drug-likeness (QED) is 0.916. The van der Waals surface area contributed by atoms with Gasteiger partial charge in [0.25, 0.3) is 5.91 Å². The van der Waals surface area contributed by atoms with Crippen LogP contribution in [0.25, 0.3) is 0 Å². The zero-order chi connectivity index (χ0) is 17.2. The third-order valence-electron chi connectivity index (χ3n) is 4.80. The van der Waals surface area contributed by atoms with Gasteiger partial charge in [-0.25, -0.2) is 0 Å². The fourth-order valence-electron chi connectivity index (χ4n) is 3.59. The smallest absolute Gasteiger partial charge is 0.264 e. The molecule has 6 nitrogen and oxygen atoms in total. The van der Waals surface area contributed by atoms with Crippen molar-refractivity contribution >= 4 is 28.8 Å². The van der Waals surface area contributed by atoms with Crippen LogP contribution in [0.4, 0.5) is 5.69 Å². The number of hydrogen-bond acceptors (Lipinski definition) is 5.